The minimum atomic E-state index is -0.751. The summed E-state index contributed by atoms with van der Waals surface area (Å²) in [5, 5.41) is 12.6. The van der Waals surface area contributed by atoms with Crippen molar-refractivity contribution in [3.63, 3.8) is 0 Å². The molecule has 1 aliphatic rings. The zero-order chi connectivity index (χ0) is 13.7. The van der Waals surface area contributed by atoms with Gasteiger partial charge in [0.05, 0.1) is 5.92 Å². The Bertz CT molecular complexity index is 410. The Hall–Kier alpha value is -1.55. The molecule has 2 rings (SSSR count). The van der Waals surface area contributed by atoms with Gasteiger partial charge in [-0.15, -0.1) is 0 Å². The molecule has 0 saturated carbocycles. The van der Waals surface area contributed by atoms with Crippen molar-refractivity contribution < 1.29 is 14.6 Å². The molecule has 1 aromatic carbocycles. The summed E-state index contributed by atoms with van der Waals surface area (Å²) in [4.78, 5) is 11.4. The smallest absolute Gasteiger partial charge is 0.310 e. The van der Waals surface area contributed by atoms with Gasteiger partial charge in [0.2, 0.25) is 0 Å². The average Bonchev–Trinajstić information content (AvgIpc) is 2.42. The van der Waals surface area contributed by atoms with E-state index in [0.717, 1.165) is 31.7 Å². The van der Waals surface area contributed by atoms with Gasteiger partial charge in [-0.1, -0.05) is 17.7 Å². The molecule has 1 aliphatic heterocycles. The molecule has 0 aromatic heterocycles. The van der Waals surface area contributed by atoms with Crippen LogP contribution in [0.25, 0.3) is 0 Å². The van der Waals surface area contributed by atoms with Crippen LogP contribution in [-0.4, -0.2) is 30.8 Å². The summed E-state index contributed by atoms with van der Waals surface area (Å²) >= 11 is 0. The number of carboxylic acid groups (broad SMARTS) is 1. The van der Waals surface area contributed by atoms with E-state index in [-0.39, 0.29) is 12.5 Å². The molecule has 2 N–H and O–H groups in total. The Morgan fingerprint density at radius 1 is 1.37 bits per heavy atom. The van der Waals surface area contributed by atoms with Crippen molar-refractivity contribution in [1.82, 2.24) is 5.32 Å². The lowest BCUT2D eigenvalue weighted by atomic mass is 9.85. The molecular formula is C15H21NO3. The maximum Gasteiger partial charge on any atom is 0.310 e. The number of piperidine rings is 1. The van der Waals surface area contributed by atoms with Crippen LogP contribution in [0.3, 0.4) is 0 Å². The molecule has 0 bridgehead atoms. The first kappa shape index (κ1) is 13.9. The Kier molecular flexibility index (Phi) is 4.80. The van der Waals surface area contributed by atoms with Crippen LogP contribution in [0.5, 0.6) is 5.75 Å². The first-order chi connectivity index (χ1) is 9.16. The second-order valence-electron chi connectivity index (χ2n) is 5.16. The van der Waals surface area contributed by atoms with Crippen molar-refractivity contribution in [3.8, 4) is 5.75 Å². The molecule has 1 atom stereocenters. The summed E-state index contributed by atoms with van der Waals surface area (Å²) in [6.45, 7) is 4.07. The van der Waals surface area contributed by atoms with Gasteiger partial charge in [-0.05, 0) is 50.9 Å². The van der Waals surface area contributed by atoms with Gasteiger partial charge >= 0.3 is 5.97 Å². The molecule has 1 fully saturated rings. The molecule has 1 saturated heterocycles. The fraction of sp³-hybridized carbons (Fsp3) is 0.533. The van der Waals surface area contributed by atoms with Crippen molar-refractivity contribution in [2.45, 2.75) is 19.8 Å². The minimum absolute atomic E-state index is 0.212. The van der Waals surface area contributed by atoms with Crippen LogP contribution < -0.4 is 10.1 Å². The van der Waals surface area contributed by atoms with Crippen LogP contribution in [0.2, 0.25) is 0 Å². The van der Waals surface area contributed by atoms with Gasteiger partial charge < -0.3 is 15.2 Å². The molecule has 1 heterocycles. The fourth-order valence-corrected chi connectivity index (χ4v) is 2.48. The third-order valence-electron chi connectivity index (χ3n) is 3.72. The summed E-state index contributed by atoms with van der Waals surface area (Å²) in [5.74, 6) is -0.211. The number of hydrogen-bond donors (Lipinski definition) is 2. The lowest BCUT2D eigenvalue weighted by Crippen LogP contribution is -2.37. The van der Waals surface area contributed by atoms with Crippen molar-refractivity contribution in [3.05, 3.63) is 29.8 Å². The van der Waals surface area contributed by atoms with Crippen molar-refractivity contribution in [1.29, 1.82) is 0 Å². The van der Waals surface area contributed by atoms with Crippen molar-refractivity contribution >= 4 is 5.97 Å². The van der Waals surface area contributed by atoms with Gasteiger partial charge in [0, 0.05) is 0 Å². The van der Waals surface area contributed by atoms with Crippen molar-refractivity contribution in [2.24, 2.45) is 11.8 Å². The van der Waals surface area contributed by atoms with Gasteiger partial charge in [0.25, 0.3) is 0 Å². The number of benzene rings is 1. The molecule has 0 aliphatic carbocycles. The number of ether oxygens (including phenoxy) is 1. The predicted octanol–water partition coefficient (Wildman–Crippen LogP) is 2.07. The number of aryl methyl sites for hydroxylation is 1. The number of rotatable bonds is 5. The van der Waals surface area contributed by atoms with Gasteiger partial charge in [0.1, 0.15) is 12.4 Å². The highest BCUT2D eigenvalue weighted by Crippen LogP contribution is 2.23. The van der Waals surface area contributed by atoms with Crippen LogP contribution in [0.4, 0.5) is 0 Å². The Morgan fingerprint density at radius 3 is 2.58 bits per heavy atom. The molecular weight excluding hydrogens is 242 g/mol. The Labute approximate surface area is 113 Å². The number of carboxylic acids is 1. The summed E-state index contributed by atoms with van der Waals surface area (Å²) in [7, 11) is 0. The van der Waals surface area contributed by atoms with Gasteiger partial charge in [-0.3, -0.25) is 4.79 Å². The molecule has 4 heteroatoms. The zero-order valence-corrected chi connectivity index (χ0v) is 11.3. The van der Waals surface area contributed by atoms with Crippen LogP contribution in [0.15, 0.2) is 24.3 Å². The minimum Gasteiger partial charge on any atom is -0.493 e. The third-order valence-corrected chi connectivity index (χ3v) is 3.72. The summed E-state index contributed by atoms with van der Waals surface area (Å²) in [5.41, 5.74) is 1.17. The third kappa shape index (κ3) is 3.96. The second-order valence-corrected chi connectivity index (χ2v) is 5.16. The SMILES string of the molecule is Cc1ccc(OCC(C(=O)O)C2CCNCC2)cc1. The largest absolute Gasteiger partial charge is 0.493 e. The first-order valence-electron chi connectivity index (χ1n) is 6.80. The topological polar surface area (TPSA) is 58.6 Å². The predicted molar refractivity (Wildman–Crippen MR) is 73.4 cm³/mol. The Morgan fingerprint density at radius 2 is 2.00 bits per heavy atom. The van der Waals surface area contributed by atoms with E-state index in [0.29, 0.717) is 0 Å². The quantitative estimate of drug-likeness (QED) is 0.854. The number of nitrogens with one attached hydrogen (secondary N) is 1. The molecule has 0 radical (unpaired) electrons. The average molecular weight is 263 g/mol. The number of aliphatic carboxylic acids is 1. The van der Waals surface area contributed by atoms with E-state index in [9.17, 15) is 9.90 Å². The van der Waals surface area contributed by atoms with Gasteiger partial charge in [0.15, 0.2) is 0 Å². The molecule has 4 nitrogen and oxygen atoms in total. The molecule has 1 aromatic rings. The van der Waals surface area contributed by atoms with E-state index in [1.807, 2.05) is 31.2 Å². The Balaban J connectivity index is 1.93. The zero-order valence-electron chi connectivity index (χ0n) is 11.3. The fourth-order valence-electron chi connectivity index (χ4n) is 2.48. The van der Waals surface area contributed by atoms with E-state index in [4.69, 9.17) is 4.74 Å². The lowest BCUT2D eigenvalue weighted by Gasteiger charge is -2.28. The van der Waals surface area contributed by atoms with E-state index in [1.54, 1.807) is 0 Å². The summed E-state index contributed by atoms with van der Waals surface area (Å²) in [6, 6.07) is 7.71. The molecule has 19 heavy (non-hydrogen) atoms. The van der Waals surface area contributed by atoms with E-state index >= 15 is 0 Å². The van der Waals surface area contributed by atoms with E-state index in [1.165, 1.54) is 5.56 Å². The summed E-state index contributed by atoms with van der Waals surface area (Å²) < 4.78 is 5.64. The number of hydrogen-bond acceptors (Lipinski definition) is 3. The molecule has 0 amide bonds. The lowest BCUT2D eigenvalue weighted by molar-refractivity contribution is -0.145. The highest BCUT2D eigenvalue weighted by atomic mass is 16.5. The van der Waals surface area contributed by atoms with E-state index in [2.05, 4.69) is 5.32 Å². The number of carbonyl (C=O) groups is 1. The monoisotopic (exact) mass is 263 g/mol. The van der Waals surface area contributed by atoms with Crippen LogP contribution >= 0.6 is 0 Å². The highest BCUT2D eigenvalue weighted by molar-refractivity contribution is 5.70. The van der Waals surface area contributed by atoms with Gasteiger partial charge in [-0.2, -0.15) is 0 Å². The van der Waals surface area contributed by atoms with Gasteiger partial charge in [-0.25, -0.2) is 0 Å². The van der Waals surface area contributed by atoms with Crippen LogP contribution in [0, 0.1) is 18.8 Å². The maximum absolute atomic E-state index is 11.4. The summed E-state index contributed by atoms with van der Waals surface area (Å²) in [6.07, 6.45) is 1.82. The maximum atomic E-state index is 11.4. The molecule has 0 spiro atoms. The first-order valence-corrected chi connectivity index (χ1v) is 6.80. The van der Waals surface area contributed by atoms with Crippen molar-refractivity contribution in [2.75, 3.05) is 19.7 Å². The highest BCUT2D eigenvalue weighted by Gasteiger charge is 2.29. The second kappa shape index (κ2) is 6.57. The van der Waals surface area contributed by atoms with Crippen LogP contribution in [0.1, 0.15) is 18.4 Å². The normalized spacial score (nSPS) is 17.9. The molecule has 1 unspecified atom stereocenters. The van der Waals surface area contributed by atoms with Crippen LogP contribution in [-0.2, 0) is 4.79 Å². The van der Waals surface area contributed by atoms with E-state index < -0.39 is 11.9 Å². The standard InChI is InChI=1S/C15H21NO3/c1-11-2-4-13(5-3-11)19-10-14(15(17)18)12-6-8-16-9-7-12/h2-5,12,14,16H,6-10H2,1H3,(H,17,18). The molecule has 104 valence electrons.